The molecule has 0 radical (unpaired) electrons. The maximum atomic E-state index is 13.9. The zero-order valence-electron chi connectivity index (χ0n) is 14.9. The third-order valence-electron chi connectivity index (χ3n) is 5.09. The summed E-state index contributed by atoms with van der Waals surface area (Å²) in [5.74, 6) is -1.80. The smallest absolute Gasteiger partial charge is 0.426 e. The first-order valence-electron chi connectivity index (χ1n) is 9.14. The summed E-state index contributed by atoms with van der Waals surface area (Å²) in [6.45, 7) is 1.59. The summed E-state index contributed by atoms with van der Waals surface area (Å²) in [7, 11) is 0. The fraction of sp³-hybridized carbons (Fsp3) is 0.778. The maximum Gasteiger partial charge on any atom is 0.426 e. The van der Waals surface area contributed by atoms with E-state index in [0.29, 0.717) is 25.7 Å². The maximum absolute atomic E-state index is 13.9. The van der Waals surface area contributed by atoms with Crippen molar-refractivity contribution in [1.29, 1.82) is 0 Å². The van der Waals surface area contributed by atoms with Gasteiger partial charge in [0.25, 0.3) is 5.88 Å². The summed E-state index contributed by atoms with van der Waals surface area (Å²) in [5.41, 5.74) is -1.15. The Hall–Kier alpha value is -1.11. The number of ether oxygens (including phenoxy) is 1. The van der Waals surface area contributed by atoms with Crippen LogP contribution >= 0.6 is 11.6 Å². The molecule has 1 aliphatic rings. The summed E-state index contributed by atoms with van der Waals surface area (Å²) in [5, 5.41) is -0.352. The lowest BCUT2D eigenvalue weighted by Crippen LogP contribution is -2.48. The fourth-order valence-electron chi connectivity index (χ4n) is 3.64. The molecule has 0 aromatic carbocycles. The lowest BCUT2D eigenvalue weighted by Gasteiger charge is -2.38. The molecule has 1 aliphatic carbocycles. The standard InChI is InChI=1S/C18H25ClF4N2O/c1-17(10-8-6-4-2-3-5-7-9-11-17)15(18(21,22)23)26-14-13(20)12-24-16(19)25-14/h12,15H,2-11H2,1H3. The zero-order valence-corrected chi connectivity index (χ0v) is 15.7. The number of nitrogens with zero attached hydrogens (tertiary/aromatic N) is 2. The van der Waals surface area contributed by atoms with Crippen molar-refractivity contribution in [1.82, 2.24) is 9.97 Å². The first kappa shape index (κ1) is 21.2. The quantitative estimate of drug-likeness (QED) is 0.432. The van der Waals surface area contributed by atoms with E-state index in [0.717, 1.165) is 44.7 Å². The number of aromatic nitrogens is 2. The van der Waals surface area contributed by atoms with Crippen LogP contribution in [-0.2, 0) is 0 Å². The van der Waals surface area contributed by atoms with E-state index < -0.39 is 29.4 Å². The minimum absolute atomic E-state index is 0.352. The van der Waals surface area contributed by atoms with Gasteiger partial charge in [-0.25, -0.2) is 4.98 Å². The van der Waals surface area contributed by atoms with Gasteiger partial charge in [0.15, 0.2) is 0 Å². The second kappa shape index (κ2) is 9.20. The van der Waals surface area contributed by atoms with Crippen LogP contribution in [0.2, 0.25) is 5.28 Å². The Bertz CT molecular complexity index is 571. The van der Waals surface area contributed by atoms with Crippen LogP contribution in [0.25, 0.3) is 0 Å². The topological polar surface area (TPSA) is 35.0 Å². The highest BCUT2D eigenvalue weighted by molar-refractivity contribution is 6.28. The van der Waals surface area contributed by atoms with E-state index in [1.807, 2.05) is 0 Å². The van der Waals surface area contributed by atoms with Gasteiger partial charge in [-0.15, -0.1) is 0 Å². The van der Waals surface area contributed by atoms with Gasteiger partial charge in [-0.2, -0.15) is 22.5 Å². The molecule has 0 saturated heterocycles. The van der Waals surface area contributed by atoms with Gasteiger partial charge in [0, 0.05) is 5.41 Å². The van der Waals surface area contributed by atoms with Gasteiger partial charge in [-0.1, -0.05) is 58.3 Å². The molecule has 1 atom stereocenters. The summed E-state index contributed by atoms with van der Waals surface area (Å²) in [6, 6.07) is 0. The molecule has 1 unspecified atom stereocenters. The number of rotatable bonds is 3. The molecule has 8 heteroatoms. The Morgan fingerprint density at radius 2 is 1.54 bits per heavy atom. The fourth-order valence-corrected chi connectivity index (χ4v) is 3.76. The summed E-state index contributed by atoms with van der Waals surface area (Å²) < 4.78 is 60.5. The number of hydrogen-bond donors (Lipinski definition) is 0. The molecular formula is C18H25ClF4N2O. The van der Waals surface area contributed by atoms with Gasteiger partial charge in [0.1, 0.15) is 0 Å². The molecule has 1 aromatic rings. The van der Waals surface area contributed by atoms with Gasteiger partial charge in [0.2, 0.25) is 17.2 Å². The molecule has 2 rings (SSSR count). The normalized spacial score (nSPS) is 20.8. The van der Waals surface area contributed by atoms with Gasteiger partial charge < -0.3 is 4.74 Å². The third kappa shape index (κ3) is 5.96. The Balaban J connectivity index is 2.27. The minimum Gasteiger partial charge on any atom is -0.462 e. The molecule has 1 aromatic heterocycles. The largest absolute Gasteiger partial charge is 0.462 e. The molecule has 0 N–H and O–H groups in total. The van der Waals surface area contributed by atoms with Crippen molar-refractivity contribution >= 4 is 11.6 Å². The first-order valence-corrected chi connectivity index (χ1v) is 9.51. The van der Waals surface area contributed by atoms with E-state index in [9.17, 15) is 17.6 Å². The lowest BCUT2D eigenvalue weighted by atomic mass is 9.75. The Labute approximate surface area is 156 Å². The van der Waals surface area contributed by atoms with Crippen molar-refractivity contribution in [2.24, 2.45) is 5.41 Å². The molecule has 1 saturated carbocycles. The zero-order chi connectivity index (χ0) is 19.2. The van der Waals surface area contributed by atoms with E-state index in [-0.39, 0.29) is 5.28 Å². The Morgan fingerprint density at radius 3 is 2.04 bits per heavy atom. The van der Waals surface area contributed by atoms with Crippen LogP contribution in [0.1, 0.15) is 71.1 Å². The second-order valence-electron chi connectivity index (χ2n) is 7.31. The number of alkyl halides is 3. The molecule has 0 amide bonds. The van der Waals surface area contributed by atoms with Gasteiger partial charge in [-0.05, 0) is 24.4 Å². The Morgan fingerprint density at radius 1 is 1.04 bits per heavy atom. The average Bonchev–Trinajstić information content (AvgIpc) is 2.60. The van der Waals surface area contributed by atoms with Crippen molar-refractivity contribution in [2.75, 3.05) is 0 Å². The SMILES string of the molecule is CC1(C(Oc2nc(Cl)ncc2F)C(F)(F)F)CCCCCCCCCC1. The number of halogens is 5. The van der Waals surface area contributed by atoms with E-state index in [2.05, 4.69) is 9.97 Å². The molecule has 1 fully saturated rings. The van der Waals surface area contributed by atoms with E-state index in [1.165, 1.54) is 0 Å². The van der Waals surface area contributed by atoms with E-state index >= 15 is 0 Å². The molecule has 0 spiro atoms. The highest BCUT2D eigenvalue weighted by Gasteiger charge is 2.53. The molecule has 0 aliphatic heterocycles. The molecule has 26 heavy (non-hydrogen) atoms. The monoisotopic (exact) mass is 396 g/mol. The van der Waals surface area contributed by atoms with Gasteiger partial charge in [0.05, 0.1) is 6.20 Å². The van der Waals surface area contributed by atoms with Crippen LogP contribution in [0.5, 0.6) is 5.88 Å². The molecule has 1 heterocycles. The summed E-state index contributed by atoms with van der Waals surface area (Å²) >= 11 is 5.59. The number of hydrogen-bond acceptors (Lipinski definition) is 3. The second-order valence-corrected chi connectivity index (χ2v) is 7.65. The third-order valence-corrected chi connectivity index (χ3v) is 5.27. The van der Waals surface area contributed by atoms with Crippen LogP contribution in [-0.4, -0.2) is 22.2 Å². The predicted octanol–water partition coefficient (Wildman–Crippen LogP) is 6.50. The average molecular weight is 397 g/mol. The minimum atomic E-state index is -4.64. The summed E-state index contributed by atoms with van der Waals surface area (Å²) in [6.07, 6.45) is 2.18. The van der Waals surface area contributed by atoms with Crippen LogP contribution in [0.4, 0.5) is 17.6 Å². The van der Waals surface area contributed by atoms with E-state index in [1.54, 1.807) is 6.92 Å². The van der Waals surface area contributed by atoms with Gasteiger partial charge in [-0.3, -0.25) is 0 Å². The highest BCUT2D eigenvalue weighted by Crippen LogP contribution is 2.44. The first-order chi connectivity index (χ1) is 12.2. The molecular weight excluding hydrogens is 372 g/mol. The summed E-state index contributed by atoms with van der Waals surface area (Å²) in [4.78, 5) is 6.92. The molecule has 3 nitrogen and oxygen atoms in total. The molecule has 0 bridgehead atoms. The van der Waals surface area contributed by atoms with E-state index in [4.69, 9.17) is 16.3 Å². The molecule has 148 valence electrons. The van der Waals surface area contributed by atoms with Gasteiger partial charge >= 0.3 is 6.18 Å². The Kier molecular flexibility index (Phi) is 7.50. The predicted molar refractivity (Wildman–Crippen MR) is 91.7 cm³/mol. The van der Waals surface area contributed by atoms with Crippen LogP contribution in [0.3, 0.4) is 0 Å². The van der Waals surface area contributed by atoms with Crippen LogP contribution < -0.4 is 4.74 Å². The van der Waals surface area contributed by atoms with Crippen molar-refractivity contribution < 1.29 is 22.3 Å². The highest BCUT2D eigenvalue weighted by atomic mass is 35.5. The van der Waals surface area contributed by atoms with Crippen LogP contribution in [0, 0.1) is 11.2 Å². The van der Waals surface area contributed by atoms with Crippen molar-refractivity contribution in [3.8, 4) is 5.88 Å². The van der Waals surface area contributed by atoms with Crippen molar-refractivity contribution in [3.05, 3.63) is 17.3 Å². The lowest BCUT2D eigenvalue weighted by molar-refractivity contribution is -0.231. The van der Waals surface area contributed by atoms with Crippen molar-refractivity contribution in [3.63, 3.8) is 0 Å². The van der Waals surface area contributed by atoms with Crippen molar-refractivity contribution in [2.45, 2.75) is 83.4 Å². The van der Waals surface area contributed by atoms with Crippen LogP contribution in [0.15, 0.2) is 6.20 Å².